The van der Waals surface area contributed by atoms with Crippen LogP contribution in [0.5, 0.6) is 5.75 Å². The van der Waals surface area contributed by atoms with Crippen LogP contribution in [-0.4, -0.2) is 14.9 Å². The number of ether oxygens (including phenoxy) is 1. The third-order valence-corrected chi connectivity index (χ3v) is 3.68. The monoisotopic (exact) mass is 338 g/mol. The van der Waals surface area contributed by atoms with Crippen LogP contribution in [0.25, 0.3) is 0 Å². The zero-order valence-corrected chi connectivity index (χ0v) is 13.5. The predicted molar refractivity (Wildman–Crippen MR) is 81.7 cm³/mol. The summed E-state index contributed by atoms with van der Waals surface area (Å²) in [5.74, 6) is 0.689. The van der Waals surface area contributed by atoms with E-state index in [4.69, 9.17) is 4.74 Å². The molecule has 0 saturated carbocycles. The van der Waals surface area contributed by atoms with Gasteiger partial charge in [-0.25, -0.2) is 0 Å². The average Bonchev–Trinajstić information content (AvgIpc) is 2.76. The number of hydrogen-bond donors (Lipinski definition) is 1. The van der Waals surface area contributed by atoms with Gasteiger partial charge in [-0.2, -0.15) is 5.10 Å². The van der Waals surface area contributed by atoms with E-state index in [2.05, 4.69) is 28.0 Å². The maximum atomic E-state index is 9.78. The molecule has 1 N–H and O–H groups in total. The Hall–Kier alpha value is -1.33. The molecule has 2 aromatic rings. The Kier molecular flexibility index (Phi) is 4.83. The molecule has 0 fully saturated rings. The summed E-state index contributed by atoms with van der Waals surface area (Å²) < 4.78 is 8.61. The number of halogens is 1. The highest BCUT2D eigenvalue weighted by Crippen LogP contribution is 2.29. The van der Waals surface area contributed by atoms with E-state index in [1.54, 1.807) is 6.92 Å². The second kappa shape index (κ2) is 6.41. The summed E-state index contributed by atoms with van der Waals surface area (Å²) in [4.78, 5) is 0. The van der Waals surface area contributed by atoms with Crippen LogP contribution in [0.1, 0.15) is 36.9 Å². The smallest absolute Gasteiger partial charge is 0.130 e. The largest absolute Gasteiger partial charge is 0.487 e. The third kappa shape index (κ3) is 3.41. The summed E-state index contributed by atoms with van der Waals surface area (Å²) in [6.45, 7) is 4.24. The highest BCUT2D eigenvalue weighted by atomic mass is 79.9. The van der Waals surface area contributed by atoms with Crippen molar-refractivity contribution >= 4 is 15.9 Å². The van der Waals surface area contributed by atoms with Gasteiger partial charge in [0.2, 0.25) is 0 Å². The van der Waals surface area contributed by atoms with Gasteiger partial charge in [0.25, 0.3) is 0 Å². The van der Waals surface area contributed by atoms with Gasteiger partial charge in [-0.05, 0) is 31.5 Å². The van der Waals surface area contributed by atoms with Crippen LogP contribution in [0.4, 0.5) is 0 Å². The lowest BCUT2D eigenvalue weighted by Crippen LogP contribution is -2.05. The summed E-state index contributed by atoms with van der Waals surface area (Å²) in [6.07, 6.45) is 0.347. The normalized spacial score (nSPS) is 12.4. The molecular weight excluding hydrogens is 320 g/mol. The number of hydrogen-bond acceptors (Lipinski definition) is 3. The minimum Gasteiger partial charge on any atom is -0.487 e. The summed E-state index contributed by atoms with van der Waals surface area (Å²) >= 11 is 3.42. The number of aliphatic hydroxyl groups is 1. The first-order chi connectivity index (χ1) is 9.51. The molecule has 1 aromatic heterocycles. The van der Waals surface area contributed by atoms with Crippen molar-refractivity contribution in [3.05, 3.63) is 45.7 Å². The molecule has 0 unspecified atom stereocenters. The molecule has 5 heteroatoms. The summed E-state index contributed by atoms with van der Waals surface area (Å²) in [6, 6.07) is 7.68. The van der Waals surface area contributed by atoms with Crippen LogP contribution in [-0.2, 0) is 20.1 Å². The topological polar surface area (TPSA) is 47.3 Å². The molecule has 0 spiro atoms. The second-order valence-corrected chi connectivity index (χ2v) is 5.67. The Bertz CT molecular complexity index is 594. The first-order valence-electron chi connectivity index (χ1n) is 6.63. The zero-order valence-electron chi connectivity index (χ0n) is 11.9. The highest BCUT2D eigenvalue weighted by Gasteiger charge is 2.11. The fraction of sp³-hybridized carbons (Fsp3) is 0.400. The average molecular weight is 339 g/mol. The molecule has 20 heavy (non-hydrogen) atoms. The van der Waals surface area contributed by atoms with Crippen LogP contribution < -0.4 is 4.74 Å². The Labute approximate surface area is 127 Å². The second-order valence-electron chi connectivity index (χ2n) is 4.75. The quantitative estimate of drug-likeness (QED) is 0.908. The van der Waals surface area contributed by atoms with Gasteiger partial charge in [0, 0.05) is 17.1 Å². The first kappa shape index (κ1) is 15.1. The molecule has 0 bridgehead atoms. The standard InChI is InChI=1S/C15H19BrN2O2/c1-4-12-8-13(18(3)17-12)9-20-15-7-11(16)5-6-14(15)10(2)19/h5-8,10,19H,4,9H2,1-3H3/t10-/m0/s1. The van der Waals surface area contributed by atoms with E-state index in [9.17, 15) is 5.11 Å². The van der Waals surface area contributed by atoms with E-state index in [0.717, 1.165) is 27.8 Å². The van der Waals surface area contributed by atoms with Crippen LogP contribution in [0, 0.1) is 0 Å². The van der Waals surface area contributed by atoms with Crippen molar-refractivity contribution < 1.29 is 9.84 Å². The van der Waals surface area contributed by atoms with E-state index in [1.807, 2.05) is 36.0 Å². The van der Waals surface area contributed by atoms with E-state index in [0.29, 0.717) is 12.4 Å². The van der Waals surface area contributed by atoms with Crippen molar-refractivity contribution in [2.45, 2.75) is 33.0 Å². The van der Waals surface area contributed by atoms with Gasteiger partial charge in [0.15, 0.2) is 0 Å². The molecule has 4 nitrogen and oxygen atoms in total. The van der Waals surface area contributed by atoms with Crippen LogP contribution in [0.15, 0.2) is 28.7 Å². The molecule has 1 aromatic carbocycles. The van der Waals surface area contributed by atoms with Crippen molar-refractivity contribution in [2.75, 3.05) is 0 Å². The predicted octanol–water partition coefficient (Wildman–Crippen LogP) is 3.38. The van der Waals surface area contributed by atoms with Gasteiger partial charge in [0.05, 0.1) is 17.5 Å². The molecule has 2 rings (SSSR count). The van der Waals surface area contributed by atoms with Gasteiger partial charge in [-0.1, -0.05) is 28.9 Å². The van der Waals surface area contributed by atoms with Crippen molar-refractivity contribution in [1.29, 1.82) is 0 Å². The van der Waals surface area contributed by atoms with Crippen molar-refractivity contribution in [3.63, 3.8) is 0 Å². The highest BCUT2D eigenvalue weighted by molar-refractivity contribution is 9.10. The van der Waals surface area contributed by atoms with Crippen LogP contribution in [0.3, 0.4) is 0 Å². The zero-order chi connectivity index (χ0) is 14.7. The summed E-state index contributed by atoms with van der Waals surface area (Å²) in [7, 11) is 1.91. The minimum absolute atomic E-state index is 0.430. The lowest BCUT2D eigenvalue weighted by molar-refractivity contribution is 0.189. The molecule has 0 aliphatic carbocycles. The van der Waals surface area contributed by atoms with E-state index in [-0.39, 0.29) is 0 Å². The number of rotatable bonds is 5. The van der Waals surface area contributed by atoms with Gasteiger partial charge in [0.1, 0.15) is 12.4 Å². The maximum Gasteiger partial charge on any atom is 0.130 e. The molecule has 0 amide bonds. The lowest BCUT2D eigenvalue weighted by atomic mass is 10.1. The molecular formula is C15H19BrN2O2. The van der Waals surface area contributed by atoms with Crippen LogP contribution >= 0.6 is 15.9 Å². The maximum absolute atomic E-state index is 9.78. The Morgan fingerprint density at radius 1 is 1.40 bits per heavy atom. The number of nitrogens with zero attached hydrogens (tertiary/aromatic N) is 2. The Balaban J connectivity index is 2.17. The van der Waals surface area contributed by atoms with Crippen molar-refractivity contribution in [1.82, 2.24) is 9.78 Å². The van der Waals surface area contributed by atoms with E-state index in [1.165, 1.54) is 0 Å². The SMILES string of the molecule is CCc1cc(COc2cc(Br)ccc2[C@H](C)O)n(C)n1. The molecule has 0 radical (unpaired) electrons. The number of aromatic nitrogens is 2. The van der Waals surface area contributed by atoms with E-state index >= 15 is 0 Å². The Morgan fingerprint density at radius 2 is 2.15 bits per heavy atom. The molecule has 1 heterocycles. The number of aliphatic hydroxyl groups excluding tert-OH is 1. The molecule has 108 valence electrons. The van der Waals surface area contributed by atoms with Gasteiger partial charge < -0.3 is 9.84 Å². The molecule has 1 atom stereocenters. The third-order valence-electron chi connectivity index (χ3n) is 3.19. The molecule has 0 aliphatic rings. The van der Waals surface area contributed by atoms with Gasteiger partial charge in [-0.15, -0.1) is 0 Å². The minimum atomic E-state index is -0.559. The number of aryl methyl sites for hydroxylation is 2. The molecule has 0 aliphatic heterocycles. The fourth-order valence-electron chi connectivity index (χ4n) is 2.01. The van der Waals surface area contributed by atoms with Gasteiger partial charge in [-0.3, -0.25) is 4.68 Å². The Morgan fingerprint density at radius 3 is 2.75 bits per heavy atom. The van der Waals surface area contributed by atoms with Gasteiger partial charge >= 0.3 is 0 Å². The van der Waals surface area contributed by atoms with E-state index < -0.39 is 6.10 Å². The van der Waals surface area contributed by atoms with Crippen LogP contribution in [0.2, 0.25) is 0 Å². The number of benzene rings is 1. The van der Waals surface area contributed by atoms with Crippen molar-refractivity contribution in [3.8, 4) is 5.75 Å². The summed E-state index contributed by atoms with van der Waals surface area (Å²) in [5.41, 5.74) is 2.85. The lowest BCUT2D eigenvalue weighted by Gasteiger charge is -2.14. The summed E-state index contributed by atoms with van der Waals surface area (Å²) in [5, 5.41) is 14.2. The van der Waals surface area contributed by atoms with Crippen molar-refractivity contribution in [2.24, 2.45) is 7.05 Å². The first-order valence-corrected chi connectivity index (χ1v) is 7.42. The molecule has 0 saturated heterocycles. The fourth-order valence-corrected chi connectivity index (χ4v) is 2.35.